The highest BCUT2D eigenvalue weighted by atomic mass is 28.4. The normalized spacial score (nSPS) is 28.5. The molecule has 2 aliphatic heterocycles. The Kier molecular flexibility index (Phi) is 5.68. The zero-order valence-corrected chi connectivity index (χ0v) is 19.4. The first-order chi connectivity index (χ1) is 14.1. The van der Waals surface area contributed by atoms with Crippen molar-refractivity contribution in [2.24, 2.45) is 0 Å². The van der Waals surface area contributed by atoms with Crippen LogP contribution in [0.15, 0.2) is 60.7 Å². The predicted molar refractivity (Wildman–Crippen MR) is 118 cm³/mol. The number of ether oxygens (including phenoxy) is 3. The fourth-order valence-electron chi connectivity index (χ4n) is 4.66. The van der Waals surface area contributed by atoms with Gasteiger partial charge in [0, 0.05) is 0 Å². The van der Waals surface area contributed by atoms with Gasteiger partial charge in [0.1, 0.15) is 18.3 Å². The van der Waals surface area contributed by atoms with Crippen LogP contribution >= 0.6 is 0 Å². The summed E-state index contributed by atoms with van der Waals surface area (Å²) in [7, 11) is -2.68. The van der Waals surface area contributed by atoms with Crippen LogP contribution in [0.1, 0.15) is 34.6 Å². The number of benzene rings is 2. The highest BCUT2D eigenvalue weighted by Crippen LogP contribution is 2.40. The molecule has 0 amide bonds. The van der Waals surface area contributed by atoms with Crippen LogP contribution in [0.4, 0.5) is 0 Å². The lowest BCUT2D eigenvalue weighted by atomic mass is 10.1. The fourth-order valence-corrected chi connectivity index (χ4v) is 9.23. The van der Waals surface area contributed by atoms with Gasteiger partial charge in [0.2, 0.25) is 0 Å². The lowest BCUT2D eigenvalue weighted by molar-refractivity contribution is -0.217. The Balaban J connectivity index is 1.65. The van der Waals surface area contributed by atoms with Gasteiger partial charge in [-0.2, -0.15) is 0 Å². The topological polar surface area (TPSA) is 57.2 Å². The number of aliphatic hydroxyl groups is 1. The van der Waals surface area contributed by atoms with Gasteiger partial charge < -0.3 is 23.7 Å². The van der Waals surface area contributed by atoms with Crippen LogP contribution in [0.5, 0.6) is 0 Å². The zero-order chi connectivity index (χ0) is 21.6. The molecule has 30 heavy (non-hydrogen) atoms. The van der Waals surface area contributed by atoms with E-state index in [2.05, 4.69) is 69.3 Å². The summed E-state index contributed by atoms with van der Waals surface area (Å²) >= 11 is 0. The maximum Gasteiger partial charge on any atom is 0.261 e. The second-order valence-corrected chi connectivity index (χ2v) is 13.9. The summed E-state index contributed by atoms with van der Waals surface area (Å²) in [6.07, 6.45) is -2.36. The number of aliphatic hydroxyl groups excluding tert-OH is 1. The molecule has 0 aromatic heterocycles. The molecule has 0 saturated carbocycles. The molecule has 0 spiro atoms. The molecule has 6 heteroatoms. The quantitative estimate of drug-likeness (QED) is 0.742. The van der Waals surface area contributed by atoms with Gasteiger partial charge in [0.25, 0.3) is 8.32 Å². The summed E-state index contributed by atoms with van der Waals surface area (Å²) in [5.41, 5.74) is 0. The molecule has 2 heterocycles. The molecule has 2 aromatic rings. The molecule has 2 fully saturated rings. The van der Waals surface area contributed by atoms with Gasteiger partial charge in [0.15, 0.2) is 12.1 Å². The van der Waals surface area contributed by atoms with Crippen molar-refractivity contribution in [3.8, 4) is 0 Å². The molecule has 0 radical (unpaired) electrons. The van der Waals surface area contributed by atoms with Crippen LogP contribution in [0.3, 0.4) is 0 Å². The van der Waals surface area contributed by atoms with Gasteiger partial charge in [-0.25, -0.2) is 0 Å². The molecule has 0 bridgehead atoms. The van der Waals surface area contributed by atoms with E-state index in [9.17, 15) is 5.11 Å². The Labute approximate surface area is 180 Å². The fraction of sp³-hybridized carbons (Fsp3) is 0.500. The molecule has 2 saturated heterocycles. The SMILES string of the molecule is CC1(C)OC2OC(CO[Si](c3ccccc3)(c3ccccc3)C(C)(C)C)C(O)C2O1. The molecule has 162 valence electrons. The standard InChI is InChI=1S/C24H32O5Si/c1-23(2,3)30(17-12-8-6-9-13-17,18-14-10-7-11-15-18)26-16-19-20(25)21-22(27-19)29-24(4,5)28-21/h6-15,19-22,25H,16H2,1-5H3. The summed E-state index contributed by atoms with van der Waals surface area (Å²) in [4.78, 5) is 0. The molecule has 0 aliphatic carbocycles. The maximum atomic E-state index is 10.8. The minimum Gasteiger partial charge on any atom is -0.405 e. The Morgan fingerprint density at radius 1 is 0.933 bits per heavy atom. The third-order valence-electron chi connectivity index (χ3n) is 6.00. The average Bonchev–Trinajstić information content (AvgIpc) is 3.15. The number of hydrogen-bond donors (Lipinski definition) is 1. The molecule has 1 N–H and O–H groups in total. The third-order valence-corrected chi connectivity index (χ3v) is 11.0. The highest BCUT2D eigenvalue weighted by molar-refractivity contribution is 6.99. The summed E-state index contributed by atoms with van der Waals surface area (Å²) in [6.45, 7) is 10.6. The number of hydrogen-bond acceptors (Lipinski definition) is 5. The van der Waals surface area contributed by atoms with Crippen molar-refractivity contribution in [1.82, 2.24) is 0 Å². The molecule has 2 aromatic carbocycles. The first-order valence-corrected chi connectivity index (χ1v) is 12.5. The average molecular weight is 429 g/mol. The Bertz CT molecular complexity index is 809. The van der Waals surface area contributed by atoms with Gasteiger partial charge in [-0.3, -0.25) is 0 Å². The van der Waals surface area contributed by atoms with E-state index in [1.165, 1.54) is 10.4 Å². The van der Waals surface area contributed by atoms with Crippen LogP contribution < -0.4 is 10.4 Å². The number of fused-ring (bicyclic) bond motifs is 1. The van der Waals surface area contributed by atoms with E-state index in [4.69, 9.17) is 18.6 Å². The van der Waals surface area contributed by atoms with E-state index in [-0.39, 0.29) is 11.6 Å². The Morgan fingerprint density at radius 2 is 1.47 bits per heavy atom. The van der Waals surface area contributed by atoms with Crippen molar-refractivity contribution in [1.29, 1.82) is 0 Å². The lowest BCUT2D eigenvalue weighted by Gasteiger charge is -2.43. The second-order valence-electron chi connectivity index (χ2n) is 9.61. The van der Waals surface area contributed by atoms with Crippen molar-refractivity contribution < 1.29 is 23.7 Å². The van der Waals surface area contributed by atoms with E-state index >= 15 is 0 Å². The predicted octanol–water partition coefficient (Wildman–Crippen LogP) is 2.80. The molecule has 2 aliphatic rings. The van der Waals surface area contributed by atoms with Crippen molar-refractivity contribution in [2.45, 2.75) is 70.0 Å². The lowest BCUT2D eigenvalue weighted by Crippen LogP contribution is -2.67. The van der Waals surface area contributed by atoms with E-state index in [0.717, 1.165) is 0 Å². The molecule has 4 unspecified atom stereocenters. The first kappa shape index (κ1) is 21.7. The van der Waals surface area contributed by atoms with Crippen LogP contribution in [-0.4, -0.2) is 50.4 Å². The minimum absolute atomic E-state index is 0.135. The van der Waals surface area contributed by atoms with Crippen molar-refractivity contribution >= 4 is 18.7 Å². The van der Waals surface area contributed by atoms with Crippen LogP contribution in [-0.2, 0) is 18.6 Å². The van der Waals surface area contributed by atoms with Gasteiger partial charge in [-0.05, 0) is 29.3 Å². The van der Waals surface area contributed by atoms with Crippen LogP contribution in [0.2, 0.25) is 5.04 Å². The monoisotopic (exact) mass is 428 g/mol. The Morgan fingerprint density at radius 3 is 1.93 bits per heavy atom. The summed E-state index contributed by atoms with van der Waals surface area (Å²) in [5.74, 6) is -0.750. The zero-order valence-electron chi connectivity index (χ0n) is 18.4. The van der Waals surface area contributed by atoms with E-state index in [0.29, 0.717) is 0 Å². The second kappa shape index (κ2) is 7.86. The van der Waals surface area contributed by atoms with E-state index in [1.54, 1.807) is 0 Å². The van der Waals surface area contributed by atoms with Gasteiger partial charge in [0.05, 0.1) is 6.61 Å². The van der Waals surface area contributed by atoms with Crippen molar-refractivity contribution in [3.05, 3.63) is 60.7 Å². The summed E-state index contributed by atoms with van der Waals surface area (Å²) in [6, 6.07) is 20.9. The molecular weight excluding hydrogens is 396 g/mol. The van der Waals surface area contributed by atoms with Gasteiger partial charge in [-0.15, -0.1) is 0 Å². The molecular formula is C24H32O5Si. The van der Waals surface area contributed by atoms with Crippen LogP contribution in [0, 0.1) is 0 Å². The third kappa shape index (κ3) is 3.77. The highest BCUT2D eigenvalue weighted by Gasteiger charge is 2.56. The molecule has 5 nitrogen and oxygen atoms in total. The largest absolute Gasteiger partial charge is 0.405 e. The van der Waals surface area contributed by atoms with Crippen molar-refractivity contribution in [2.75, 3.05) is 6.61 Å². The van der Waals surface area contributed by atoms with Crippen molar-refractivity contribution in [3.63, 3.8) is 0 Å². The molecule has 4 atom stereocenters. The smallest absolute Gasteiger partial charge is 0.261 e. The Hall–Kier alpha value is -1.54. The maximum absolute atomic E-state index is 10.8. The van der Waals surface area contributed by atoms with Gasteiger partial charge in [-0.1, -0.05) is 81.4 Å². The molecule has 4 rings (SSSR count). The summed E-state index contributed by atoms with van der Waals surface area (Å²) in [5, 5.41) is 13.1. The number of rotatable bonds is 5. The van der Waals surface area contributed by atoms with E-state index < -0.39 is 38.7 Å². The summed E-state index contributed by atoms with van der Waals surface area (Å²) < 4.78 is 24.5. The van der Waals surface area contributed by atoms with Crippen LogP contribution in [0.25, 0.3) is 0 Å². The first-order valence-electron chi connectivity index (χ1n) is 10.6. The van der Waals surface area contributed by atoms with E-state index in [1.807, 2.05) is 26.0 Å². The minimum atomic E-state index is -2.68. The van der Waals surface area contributed by atoms with Gasteiger partial charge >= 0.3 is 0 Å².